The summed E-state index contributed by atoms with van der Waals surface area (Å²) in [5.41, 5.74) is 0.952. The van der Waals surface area contributed by atoms with Gasteiger partial charge in [-0.25, -0.2) is 4.39 Å². The fourth-order valence-electron chi connectivity index (χ4n) is 3.27. The van der Waals surface area contributed by atoms with Gasteiger partial charge in [0.1, 0.15) is 17.3 Å². The Hall–Kier alpha value is -2.21. The summed E-state index contributed by atoms with van der Waals surface area (Å²) >= 11 is 1.23. The topological polar surface area (TPSA) is 38.8 Å². The van der Waals surface area contributed by atoms with Gasteiger partial charge in [0.05, 0.1) is 26.0 Å². The first-order valence-electron chi connectivity index (χ1n) is 8.52. The lowest BCUT2D eigenvalue weighted by atomic mass is 10.0. The molecule has 138 valence electrons. The van der Waals surface area contributed by atoms with E-state index in [9.17, 15) is 9.18 Å². The van der Waals surface area contributed by atoms with Crippen LogP contribution in [0, 0.1) is 5.82 Å². The predicted molar refractivity (Wildman–Crippen MR) is 100 cm³/mol. The summed E-state index contributed by atoms with van der Waals surface area (Å²) in [4.78, 5) is 15.1. The first-order valence-corrected chi connectivity index (χ1v) is 9.51. The Morgan fingerprint density at radius 1 is 1.23 bits per heavy atom. The van der Waals surface area contributed by atoms with Gasteiger partial charge in [0.2, 0.25) is 5.91 Å². The van der Waals surface area contributed by atoms with Gasteiger partial charge in [-0.15, -0.1) is 11.8 Å². The number of carbonyl (C=O) groups excluding carboxylic acids is 1. The Bertz CT molecular complexity index is 783. The Morgan fingerprint density at radius 3 is 2.77 bits per heavy atom. The molecule has 0 saturated carbocycles. The first-order chi connectivity index (χ1) is 12.6. The predicted octanol–water partition coefficient (Wildman–Crippen LogP) is 4.30. The molecule has 1 heterocycles. The maximum absolute atomic E-state index is 13.8. The van der Waals surface area contributed by atoms with Gasteiger partial charge in [-0.1, -0.05) is 12.1 Å². The number of methoxy groups -OCH3 is 2. The third kappa shape index (κ3) is 3.96. The van der Waals surface area contributed by atoms with E-state index in [0.717, 1.165) is 29.9 Å². The highest BCUT2D eigenvalue weighted by molar-refractivity contribution is 8.00. The smallest absolute Gasteiger partial charge is 0.233 e. The molecule has 3 rings (SSSR count). The number of benzene rings is 2. The molecule has 1 saturated heterocycles. The van der Waals surface area contributed by atoms with Gasteiger partial charge < -0.3 is 14.4 Å². The Morgan fingerprint density at radius 2 is 2.04 bits per heavy atom. The molecule has 1 aliphatic rings. The molecule has 0 radical (unpaired) electrons. The lowest BCUT2D eigenvalue weighted by Crippen LogP contribution is -2.32. The summed E-state index contributed by atoms with van der Waals surface area (Å²) in [6.45, 7) is 0.696. The van der Waals surface area contributed by atoms with Crippen molar-refractivity contribution in [2.75, 3.05) is 26.5 Å². The molecule has 0 N–H and O–H groups in total. The van der Waals surface area contributed by atoms with E-state index in [1.807, 2.05) is 23.1 Å². The number of likely N-dealkylation sites (tertiary alicyclic amines) is 1. The van der Waals surface area contributed by atoms with Gasteiger partial charge in [0.25, 0.3) is 0 Å². The maximum atomic E-state index is 13.8. The van der Waals surface area contributed by atoms with Gasteiger partial charge in [-0.3, -0.25) is 4.79 Å². The van der Waals surface area contributed by atoms with Crippen molar-refractivity contribution in [1.29, 1.82) is 0 Å². The van der Waals surface area contributed by atoms with E-state index >= 15 is 0 Å². The number of amides is 1. The summed E-state index contributed by atoms with van der Waals surface area (Å²) in [5.74, 6) is 1.41. The van der Waals surface area contributed by atoms with Gasteiger partial charge in [0.15, 0.2) is 0 Å². The second-order valence-electron chi connectivity index (χ2n) is 6.07. The van der Waals surface area contributed by atoms with Crippen molar-refractivity contribution in [3.05, 3.63) is 53.8 Å². The maximum Gasteiger partial charge on any atom is 0.233 e. The van der Waals surface area contributed by atoms with Crippen molar-refractivity contribution in [3.8, 4) is 11.5 Å². The molecule has 1 fully saturated rings. The minimum absolute atomic E-state index is 0.00521. The zero-order chi connectivity index (χ0) is 18.5. The number of rotatable bonds is 6. The first kappa shape index (κ1) is 18.6. The number of carbonyl (C=O) groups is 1. The van der Waals surface area contributed by atoms with E-state index < -0.39 is 0 Å². The third-order valence-corrected chi connectivity index (χ3v) is 5.59. The molecule has 1 amide bonds. The summed E-state index contributed by atoms with van der Waals surface area (Å²) in [6, 6.07) is 12.1. The highest BCUT2D eigenvalue weighted by Crippen LogP contribution is 2.39. The Balaban J connectivity index is 1.75. The van der Waals surface area contributed by atoms with E-state index in [1.54, 1.807) is 32.4 Å². The average Bonchev–Trinajstić information content (AvgIpc) is 3.16. The highest BCUT2D eigenvalue weighted by atomic mass is 32.2. The lowest BCUT2D eigenvalue weighted by Gasteiger charge is -2.26. The van der Waals surface area contributed by atoms with Crippen LogP contribution in [0.5, 0.6) is 11.5 Å². The monoisotopic (exact) mass is 375 g/mol. The Kier molecular flexibility index (Phi) is 6.04. The molecule has 1 atom stereocenters. The molecule has 0 bridgehead atoms. The van der Waals surface area contributed by atoms with Crippen LogP contribution >= 0.6 is 11.8 Å². The van der Waals surface area contributed by atoms with Crippen LogP contribution < -0.4 is 9.47 Å². The molecule has 4 nitrogen and oxygen atoms in total. The molecule has 26 heavy (non-hydrogen) atoms. The summed E-state index contributed by atoms with van der Waals surface area (Å²) in [6.07, 6.45) is 1.81. The van der Waals surface area contributed by atoms with Gasteiger partial charge in [0, 0.05) is 17.0 Å². The van der Waals surface area contributed by atoms with Crippen molar-refractivity contribution >= 4 is 17.7 Å². The SMILES string of the molecule is COc1ccc(OC)c([C@@H]2CCCN2C(=O)CSc2ccccc2F)c1. The quantitative estimate of drug-likeness (QED) is 0.706. The van der Waals surface area contributed by atoms with Crippen LogP contribution in [0.4, 0.5) is 4.39 Å². The van der Waals surface area contributed by atoms with Crippen LogP contribution in [0.25, 0.3) is 0 Å². The third-order valence-electron chi connectivity index (χ3n) is 4.56. The second kappa shape index (κ2) is 8.45. The lowest BCUT2D eigenvalue weighted by molar-refractivity contribution is -0.129. The number of halogens is 1. The number of thioether (sulfide) groups is 1. The van der Waals surface area contributed by atoms with Crippen molar-refractivity contribution < 1.29 is 18.7 Å². The molecule has 0 spiro atoms. The Labute approximate surface area is 157 Å². The zero-order valence-corrected chi connectivity index (χ0v) is 15.7. The van der Waals surface area contributed by atoms with Crippen molar-refractivity contribution in [2.45, 2.75) is 23.8 Å². The fraction of sp³-hybridized carbons (Fsp3) is 0.350. The number of ether oxygens (including phenoxy) is 2. The van der Waals surface area contributed by atoms with E-state index in [0.29, 0.717) is 11.4 Å². The molecular weight excluding hydrogens is 353 g/mol. The van der Waals surface area contributed by atoms with E-state index in [-0.39, 0.29) is 23.5 Å². The van der Waals surface area contributed by atoms with Crippen molar-refractivity contribution in [2.24, 2.45) is 0 Å². The van der Waals surface area contributed by atoms with Gasteiger partial charge in [-0.2, -0.15) is 0 Å². The molecular formula is C20H22FNO3S. The molecule has 0 aliphatic carbocycles. The van der Waals surface area contributed by atoms with E-state index in [4.69, 9.17) is 9.47 Å². The van der Waals surface area contributed by atoms with Crippen LogP contribution in [-0.2, 0) is 4.79 Å². The molecule has 0 unspecified atom stereocenters. The molecule has 1 aliphatic heterocycles. The van der Waals surface area contributed by atoms with Crippen LogP contribution in [0.15, 0.2) is 47.4 Å². The molecule has 6 heteroatoms. The summed E-state index contributed by atoms with van der Waals surface area (Å²) in [7, 11) is 3.24. The van der Waals surface area contributed by atoms with Crippen molar-refractivity contribution in [3.63, 3.8) is 0 Å². The summed E-state index contributed by atoms with van der Waals surface area (Å²) in [5, 5.41) is 0. The van der Waals surface area contributed by atoms with E-state index in [1.165, 1.54) is 17.8 Å². The highest BCUT2D eigenvalue weighted by Gasteiger charge is 2.32. The number of hydrogen-bond donors (Lipinski definition) is 0. The fourth-order valence-corrected chi connectivity index (χ4v) is 4.10. The van der Waals surface area contributed by atoms with Crippen LogP contribution in [0.2, 0.25) is 0 Å². The van der Waals surface area contributed by atoms with Crippen LogP contribution in [-0.4, -0.2) is 37.3 Å². The minimum atomic E-state index is -0.294. The average molecular weight is 375 g/mol. The van der Waals surface area contributed by atoms with Crippen LogP contribution in [0.3, 0.4) is 0 Å². The standard InChI is InChI=1S/C20H22FNO3S/c1-24-14-9-10-18(25-2)15(12-14)17-7-5-11-22(17)20(23)13-26-19-8-4-3-6-16(19)21/h3-4,6,8-10,12,17H,5,7,11,13H2,1-2H3/t17-/m0/s1. The largest absolute Gasteiger partial charge is 0.497 e. The zero-order valence-electron chi connectivity index (χ0n) is 14.9. The molecule has 2 aromatic rings. The number of nitrogens with zero attached hydrogens (tertiary/aromatic N) is 1. The molecule has 0 aromatic heterocycles. The summed E-state index contributed by atoms with van der Waals surface area (Å²) < 4.78 is 24.6. The van der Waals surface area contributed by atoms with Gasteiger partial charge >= 0.3 is 0 Å². The molecule has 2 aromatic carbocycles. The van der Waals surface area contributed by atoms with Crippen LogP contribution in [0.1, 0.15) is 24.4 Å². The second-order valence-corrected chi connectivity index (χ2v) is 7.09. The van der Waals surface area contributed by atoms with Crippen molar-refractivity contribution in [1.82, 2.24) is 4.90 Å². The van der Waals surface area contributed by atoms with E-state index in [2.05, 4.69) is 0 Å². The number of hydrogen-bond acceptors (Lipinski definition) is 4. The minimum Gasteiger partial charge on any atom is -0.497 e. The van der Waals surface area contributed by atoms with Gasteiger partial charge in [-0.05, 0) is 43.2 Å². The normalized spacial score (nSPS) is 16.6.